The Balaban J connectivity index is 0.000000253. The number of hydrogen-bond donors (Lipinski definition) is 1. The van der Waals surface area contributed by atoms with E-state index in [-0.39, 0.29) is 5.91 Å². The first-order chi connectivity index (χ1) is 13.8. The lowest BCUT2D eigenvalue weighted by molar-refractivity contribution is 0.0696. The predicted octanol–water partition coefficient (Wildman–Crippen LogP) is 5.43. The van der Waals surface area contributed by atoms with Gasteiger partial charge in [-0.3, -0.25) is 4.79 Å². The third kappa shape index (κ3) is 6.83. The number of halogens is 2. The van der Waals surface area contributed by atoms with Gasteiger partial charge in [-0.2, -0.15) is 5.26 Å². The molecule has 0 aliphatic carbocycles. The average Bonchev–Trinajstić information content (AvgIpc) is 2.74. The molecule has 0 aliphatic rings. The second kappa shape index (κ2) is 10.9. The first-order valence-electron chi connectivity index (χ1n) is 8.34. The molecule has 0 saturated heterocycles. The van der Waals surface area contributed by atoms with Crippen molar-refractivity contribution in [3.8, 4) is 6.07 Å². The number of aromatic carboxylic acids is 1. The van der Waals surface area contributed by atoms with Gasteiger partial charge in [-0.25, -0.2) is 4.79 Å². The van der Waals surface area contributed by atoms with Crippen LogP contribution in [0.4, 0.5) is 5.69 Å². The van der Waals surface area contributed by atoms with Crippen molar-refractivity contribution in [3.05, 3.63) is 96.6 Å². The van der Waals surface area contributed by atoms with Crippen molar-refractivity contribution in [2.45, 2.75) is 0 Å². The third-order valence-corrected chi connectivity index (χ3v) is 5.29. The van der Waals surface area contributed by atoms with Crippen LogP contribution < -0.4 is 4.90 Å². The zero-order chi connectivity index (χ0) is 21.4. The fourth-order valence-corrected chi connectivity index (χ4v) is 3.00. The number of rotatable bonds is 3. The number of amides is 1. The molecule has 3 aromatic carbocycles. The predicted molar refractivity (Wildman–Crippen MR) is 129 cm³/mol. The average molecular weight is 610 g/mol. The molecule has 0 radical (unpaired) electrons. The highest BCUT2D eigenvalue weighted by atomic mass is 127. The molecule has 1 amide bonds. The molecule has 7 heteroatoms. The van der Waals surface area contributed by atoms with Crippen molar-refractivity contribution in [1.29, 1.82) is 5.26 Å². The van der Waals surface area contributed by atoms with E-state index < -0.39 is 5.97 Å². The maximum Gasteiger partial charge on any atom is 0.335 e. The minimum atomic E-state index is -0.878. The fourth-order valence-electron chi connectivity index (χ4n) is 2.28. The van der Waals surface area contributed by atoms with Gasteiger partial charge in [0.15, 0.2) is 0 Å². The monoisotopic (exact) mass is 610 g/mol. The lowest BCUT2D eigenvalue weighted by Crippen LogP contribution is -2.26. The van der Waals surface area contributed by atoms with Gasteiger partial charge in [0.2, 0.25) is 0 Å². The normalized spacial score (nSPS) is 9.59. The summed E-state index contributed by atoms with van der Waals surface area (Å²) in [6.07, 6.45) is 0. The quantitative estimate of drug-likeness (QED) is 0.402. The first-order valence-corrected chi connectivity index (χ1v) is 10.5. The highest BCUT2D eigenvalue weighted by Crippen LogP contribution is 2.17. The maximum atomic E-state index is 12.3. The van der Waals surface area contributed by atoms with Gasteiger partial charge in [0.05, 0.1) is 17.2 Å². The molecule has 0 aromatic heterocycles. The number of carbonyl (C=O) groups excluding carboxylic acids is 1. The molecule has 29 heavy (non-hydrogen) atoms. The fraction of sp³-hybridized carbons (Fsp3) is 0.0455. The van der Waals surface area contributed by atoms with Gasteiger partial charge in [-0.15, -0.1) is 0 Å². The summed E-state index contributed by atoms with van der Waals surface area (Å²) in [6, 6.07) is 23.2. The number of nitrogens with zero attached hydrogens (tertiary/aromatic N) is 2. The summed E-state index contributed by atoms with van der Waals surface area (Å²) in [7, 11) is 1.71. The second-order valence-corrected chi connectivity index (χ2v) is 8.34. The van der Waals surface area contributed by atoms with E-state index in [1.54, 1.807) is 66.5 Å². The Kier molecular flexibility index (Phi) is 8.60. The number of carboxylic acids is 1. The van der Waals surface area contributed by atoms with Gasteiger partial charge in [-0.1, -0.05) is 6.07 Å². The summed E-state index contributed by atoms with van der Waals surface area (Å²) in [5.41, 5.74) is 2.22. The van der Waals surface area contributed by atoms with E-state index in [1.165, 1.54) is 0 Å². The molecule has 0 saturated carbocycles. The van der Waals surface area contributed by atoms with E-state index >= 15 is 0 Å². The molecule has 0 aliphatic heterocycles. The van der Waals surface area contributed by atoms with Crippen LogP contribution in [0.3, 0.4) is 0 Å². The van der Waals surface area contributed by atoms with E-state index in [1.807, 2.05) is 18.2 Å². The molecule has 0 bridgehead atoms. The van der Waals surface area contributed by atoms with Gasteiger partial charge in [0.25, 0.3) is 5.91 Å². The van der Waals surface area contributed by atoms with Gasteiger partial charge >= 0.3 is 5.97 Å². The lowest BCUT2D eigenvalue weighted by atomic mass is 10.1. The highest BCUT2D eigenvalue weighted by Gasteiger charge is 2.13. The van der Waals surface area contributed by atoms with Crippen LogP contribution in [-0.2, 0) is 0 Å². The molecular formula is C22H16I2N2O3. The van der Waals surface area contributed by atoms with Crippen molar-refractivity contribution in [2.24, 2.45) is 0 Å². The molecule has 0 atom stereocenters. The summed E-state index contributed by atoms with van der Waals surface area (Å²) in [4.78, 5) is 24.2. The lowest BCUT2D eigenvalue weighted by Gasteiger charge is -2.17. The Labute approximate surface area is 196 Å². The van der Waals surface area contributed by atoms with Crippen LogP contribution in [-0.4, -0.2) is 24.0 Å². The molecule has 5 nitrogen and oxygen atoms in total. The Bertz CT molecular complexity index is 1040. The number of carboxylic acid groups (broad SMARTS) is 1. The third-order valence-electron chi connectivity index (χ3n) is 3.85. The van der Waals surface area contributed by atoms with E-state index in [9.17, 15) is 9.59 Å². The minimum Gasteiger partial charge on any atom is -0.478 e. The van der Waals surface area contributed by atoms with E-state index in [0.717, 1.165) is 7.14 Å². The van der Waals surface area contributed by atoms with Gasteiger partial charge in [0, 0.05) is 25.4 Å². The maximum absolute atomic E-state index is 12.3. The second-order valence-electron chi connectivity index (χ2n) is 5.85. The smallest absolute Gasteiger partial charge is 0.335 e. The molecule has 0 fully saturated rings. The van der Waals surface area contributed by atoms with Crippen LogP contribution in [0.15, 0.2) is 72.8 Å². The molecule has 146 valence electrons. The van der Waals surface area contributed by atoms with Gasteiger partial charge < -0.3 is 10.0 Å². The highest BCUT2D eigenvalue weighted by molar-refractivity contribution is 14.1. The first kappa shape index (κ1) is 22.8. The number of benzene rings is 3. The van der Waals surface area contributed by atoms with Crippen molar-refractivity contribution >= 4 is 62.7 Å². The number of hydrogen-bond acceptors (Lipinski definition) is 3. The van der Waals surface area contributed by atoms with Crippen LogP contribution in [0.1, 0.15) is 26.3 Å². The Morgan fingerprint density at radius 3 is 1.90 bits per heavy atom. The van der Waals surface area contributed by atoms with Crippen molar-refractivity contribution in [3.63, 3.8) is 0 Å². The molecule has 0 spiro atoms. The molecule has 3 aromatic rings. The molecule has 1 N–H and O–H groups in total. The van der Waals surface area contributed by atoms with Gasteiger partial charge in [0.1, 0.15) is 0 Å². The number of nitriles is 1. The zero-order valence-electron chi connectivity index (χ0n) is 15.3. The van der Waals surface area contributed by atoms with Crippen molar-refractivity contribution in [1.82, 2.24) is 0 Å². The minimum absolute atomic E-state index is 0.0912. The largest absolute Gasteiger partial charge is 0.478 e. The summed E-state index contributed by atoms with van der Waals surface area (Å²) >= 11 is 4.32. The topological polar surface area (TPSA) is 81.4 Å². The van der Waals surface area contributed by atoms with Crippen LogP contribution in [0, 0.1) is 18.5 Å². The van der Waals surface area contributed by atoms with Gasteiger partial charge in [-0.05, 0) is 112 Å². The Hall–Kier alpha value is -2.45. The molecule has 0 heterocycles. The summed E-state index contributed by atoms with van der Waals surface area (Å²) in [5, 5.41) is 17.3. The summed E-state index contributed by atoms with van der Waals surface area (Å²) < 4.78 is 2.13. The molecule has 3 rings (SSSR count). The van der Waals surface area contributed by atoms with Crippen LogP contribution in [0.25, 0.3) is 0 Å². The molecular weight excluding hydrogens is 594 g/mol. The summed E-state index contributed by atoms with van der Waals surface area (Å²) in [5.74, 6) is -0.970. The van der Waals surface area contributed by atoms with Crippen LogP contribution in [0.5, 0.6) is 0 Å². The van der Waals surface area contributed by atoms with E-state index in [2.05, 4.69) is 51.3 Å². The van der Waals surface area contributed by atoms with E-state index in [4.69, 9.17) is 10.4 Å². The Morgan fingerprint density at radius 2 is 1.41 bits per heavy atom. The van der Waals surface area contributed by atoms with Crippen LogP contribution in [0.2, 0.25) is 0 Å². The van der Waals surface area contributed by atoms with Crippen LogP contribution >= 0.6 is 45.2 Å². The van der Waals surface area contributed by atoms with Crippen molar-refractivity contribution in [2.75, 3.05) is 11.9 Å². The Morgan fingerprint density at radius 1 is 0.897 bits per heavy atom. The SMILES string of the molecule is CN(C(=O)c1ccc(I)cc1)c1cccc(C#N)c1.O=C(O)c1ccc(I)cc1. The molecule has 0 unspecified atom stereocenters. The van der Waals surface area contributed by atoms with E-state index in [0.29, 0.717) is 22.4 Å². The zero-order valence-corrected chi connectivity index (χ0v) is 19.7. The summed E-state index contributed by atoms with van der Waals surface area (Å²) in [6.45, 7) is 0. The standard InChI is InChI=1S/C15H11IN2O.C7H5IO2/c1-18(14-4-2-3-11(9-14)10-17)15(19)12-5-7-13(16)8-6-12;8-6-3-1-5(2-4-6)7(9)10/h2-9H,1H3;1-4H,(H,9,10). The number of anilines is 1. The van der Waals surface area contributed by atoms with Crippen molar-refractivity contribution < 1.29 is 14.7 Å². The number of carbonyl (C=O) groups is 2.